The zero-order valence-corrected chi connectivity index (χ0v) is 8.51. The van der Waals surface area contributed by atoms with Gasteiger partial charge in [-0.2, -0.15) is 0 Å². The van der Waals surface area contributed by atoms with E-state index in [4.69, 9.17) is 0 Å². The fourth-order valence-corrected chi connectivity index (χ4v) is 1.17. The van der Waals surface area contributed by atoms with Crippen molar-refractivity contribution in [2.75, 3.05) is 11.9 Å². The molecule has 72 valence electrons. The summed E-state index contributed by atoms with van der Waals surface area (Å²) in [7, 11) is 0. The predicted molar refractivity (Wildman–Crippen MR) is 52.1 cm³/mol. The Bertz CT molecular complexity index is 341. The van der Waals surface area contributed by atoms with E-state index in [0.29, 0.717) is 0 Å². The number of anilines is 1. The summed E-state index contributed by atoms with van der Waals surface area (Å²) in [6, 6.07) is 0. The lowest BCUT2D eigenvalue weighted by molar-refractivity contribution is 0.163. The van der Waals surface area contributed by atoms with Gasteiger partial charge in [0.1, 0.15) is 9.39 Å². The van der Waals surface area contributed by atoms with Gasteiger partial charge in [-0.15, -0.1) is 0 Å². The summed E-state index contributed by atoms with van der Waals surface area (Å²) in [5.41, 5.74) is -0.340. The average molecular weight is 301 g/mol. The number of hydrogen-bond donors (Lipinski definition) is 2. The van der Waals surface area contributed by atoms with Gasteiger partial charge in [0, 0.05) is 0 Å². The molecule has 0 aliphatic carbocycles. The Morgan fingerprint density at radius 2 is 2.38 bits per heavy atom. The van der Waals surface area contributed by atoms with Crippen LogP contribution in [-0.2, 0) is 0 Å². The van der Waals surface area contributed by atoms with Crippen molar-refractivity contribution in [3.63, 3.8) is 0 Å². The van der Waals surface area contributed by atoms with Crippen molar-refractivity contribution in [2.45, 2.75) is 6.43 Å². The second-order valence-electron chi connectivity index (χ2n) is 2.17. The molecule has 1 aromatic rings. The van der Waals surface area contributed by atoms with Crippen molar-refractivity contribution < 1.29 is 8.78 Å². The minimum absolute atomic E-state index is 0.185. The lowest BCUT2D eigenvalue weighted by Crippen LogP contribution is -2.18. The maximum absolute atomic E-state index is 11.8. The molecule has 0 radical (unpaired) electrons. The molecule has 0 amide bonds. The number of aromatic amines is 1. The molecular formula is C6H6F2IN3O. The topological polar surface area (TPSA) is 57.8 Å². The number of halogens is 3. The molecule has 0 fully saturated rings. The summed E-state index contributed by atoms with van der Waals surface area (Å²) in [4.78, 5) is 17.0. The van der Waals surface area contributed by atoms with E-state index < -0.39 is 13.0 Å². The van der Waals surface area contributed by atoms with Gasteiger partial charge in [-0.3, -0.25) is 4.79 Å². The van der Waals surface area contributed by atoms with Gasteiger partial charge < -0.3 is 10.3 Å². The first kappa shape index (κ1) is 10.4. The van der Waals surface area contributed by atoms with E-state index in [1.165, 1.54) is 0 Å². The average Bonchev–Trinajstić information content (AvgIpc) is 2.07. The first-order valence-electron chi connectivity index (χ1n) is 3.36. The third-order valence-electron chi connectivity index (χ3n) is 1.22. The van der Waals surface area contributed by atoms with Gasteiger partial charge in [-0.05, 0) is 22.6 Å². The minimum Gasteiger partial charge on any atom is -0.363 e. The third-order valence-corrected chi connectivity index (χ3v) is 2.22. The number of hydrogen-bond acceptors (Lipinski definition) is 3. The van der Waals surface area contributed by atoms with Crippen molar-refractivity contribution in [1.29, 1.82) is 0 Å². The first-order chi connectivity index (χ1) is 6.11. The summed E-state index contributed by atoms with van der Waals surface area (Å²) in [5.74, 6) is 0.185. The zero-order valence-electron chi connectivity index (χ0n) is 6.35. The largest absolute Gasteiger partial charge is 0.363 e. The molecule has 0 aliphatic rings. The Kier molecular flexibility index (Phi) is 3.58. The smallest absolute Gasteiger partial charge is 0.266 e. The molecule has 2 N–H and O–H groups in total. The highest BCUT2D eigenvalue weighted by molar-refractivity contribution is 14.1. The maximum atomic E-state index is 11.8. The Morgan fingerprint density at radius 3 is 3.00 bits per heavy atom. The number of nitrogens with one attached hydrogen (secondary N) is 2. The van der Waals surface area contributed by atoms with Gasteiger partial charge in [-0.25, -0.2) is 13.8 Å². The molecular weight excluding hydrogens is 295 g/mol. The van der Waals surface area contributed by atoms with Crippen LogP contribution in [0.3, 0.4) is 0 Å². The van der Waals surface area contributed by atoms with E-state index >= 15 is 0 Å². The lowest BCUT2D eigenvalue weighted by Gasteiger charge is -2.04. The highest BCUT2D eigenvalue weighted by Crippen LogP contribution is 2.08. The lowest BCUT2D eigenvalue weighted by atomic mass is 10.5. The molecule has 0 bridgehead atoms. The normalized spacial score (nSPS) is 10.5. The molecule has 0 aliphatic heterocycles. The van der Waals surface area contributed by atoms with E-state index in [0.717, 1.165) is 6.33 Å². The molecule has 0 aromatic carbocycles. The van der Waals surface area contributed by atoms with Crippen molar-refractivity contribution in [3.05, 3.63) is 20.3 Å². The van der Waals surface area contributed by atoms with Crippen LogP contribution in [0.4, 0.5) is 14.6 Å². The Labute approximate surface area is 85.9 Å². The van der Waals surface area contributed by atoms with Crippen LogP contribution in [-0.4, -0.2) is 22.9 Å². The van der Waals surface area contributed by atoms with Crippen molar-refractivity contribution in [1.82, 2.24) is 9.97 Å². The number of alkyl halides is 2. The van der Waals surface area contributed by atoms with E-state index in [9.17, 15) is 13.6 Å². The quantitative estimate of drug-likeness (QED) is 0.821. The Morgan fingerprint density at radius 1 is 1.69 bits per heavy atom. The van der Waals surface area contributed by atoms with Crippen LogP contribution in [0.5, 0.6) is 0 Å². The van der Waals surface area contributed by atoms with Crippen LogP contribution in [0.15, 0.2) is 11.1 Å². The van der Waals surface area contributed by atoms with Crippen LogP contribution in [0.25, 0.3) is 0 Å². The van der Waals surface area contributed by atoms with Gasteiger partial charge in [0.15, 0.2) is 0 Å². The third kappa shape index (κ3) is 2.90. The molecule has 0 saturated heterocycles. The fraction of sp³-hybridized carbons (Fsp3) is 0.333. The maximum Gasteiger partial charge on any atom is 0.266 e. The molecule has 0 spiro atoms. The molecule has 1 aromatic heterocycles. The molecule has 0 saturated carbocycles. The summed E-state index contributed by atoms with van der Waals surface area (Å²) < 4.78 is 23.8. The molecule has 7 heteroatoms. The van der Waals surface area contributed by atoms with Gasteiger partial charge >= 0.3 is 0 Å². The highest BCUT2D eigenvalue weighted by Gasteiger charge is 2.07. The summed E-state index contributed by atoms with van der Waals surface area (Å²) in [6.45, 7) is -0.507. The first-order valence-corrected chi connectivity index (χ1v) is 4.44. The van der Waals surface area contributed by atoms with Crippen LogP contribution in [0.2, 0.25) is 0 Å². The number of H-pyrrole nitrogens is 1. The number of aromatic nitrogens is 2. The predicted octanol–water partition coefficient (Wildman–Crippen LogP) is 1.05. The molecule has 1 heterocycles. The van der Waals surface area contributed by atoms with Crippen molar-refractivity contribution >= 4 is 28.4 Å². The van der Waals surface area contributed by atoms with E-state index in [1.54, 1.807) is 22.6 Å². The van der Waals surface area contributed by atoms with E-state index in [1.807, 2.05) is 0 Å². The van der Waals surface area contributed by atoms with Crippen molar-refractivity contribution in [2.24, 2.45) is 0 Å². The summed E-state index contributed by atoms with van der Waals surface area (Å²) in [5, 5.41) is 2.36. The molecule has 1 rings (SSSR count). The van der Waals surface area contributed by atoms with E-state index in [2.05, 4.69) is 15.3 Å². The second-order valence-corrected chi connectivity index (χ2v) is 3.24. The van der Waals surface area contributed by atoms with Gasteiger partial charge in [0.05, 0.1) is 12.9 Å². The van der Waals surface area contributed by atoms with Gasteiger partial charge in [-0.1, -0.05) is 0 Å². The standard InChI is InChI=1S/C6H6F2IN3O/c7-3(8)1-10-5-4(9)6(13)12-2-11-5/h2-3H,1H2,(H2,10,11,12,13). The van der Waals surface area contributed by atoms with Crippen molar-refractivity contribution in [3.8, 4) is 0 Å². The highest BCUT2D eigenvalue weighted by atomic mass is 127. The van der Waals surface area contributed by atoms with Crippen LogP contribution in [0.1, 0.15) is 0 Å². The van der Waals surface area contributed by atoms with E-state index in [-0.39, 0.29) is 14.9 Å². The SMILES string of the molecule is O=c1[nH]cnc(NCC(F)F)c1I. The molecule has 4 nitrogen and oxygen atoms in total. The number of rotatable bonds is 3. The zero-order chi connectivity index (χ0) is 9.84. The minimum atomic E-state index is -2.46. The summed E-state index contributed by atoms with van der Waals surface area (Å²) >= 11 is 1.74. The van der Waals surface area contributed by atoms with Crippen LogP contribution in [0, 0.1) is 3.57 Å². The van der Waals surface area contributed by atoms with Crippen LogP contribution < -0.4 is 10.9 Å². The number of nitrogens with zero attached hydrogens (tertiary/aromatic N) is 1. The van der Waals surface area contributed by atoms with Gasteiger partial charge in [0.25, 0.3) is 12.0 Å². The van der Waals surface area contributed by atoms with Gasteiger partial charge in [0.2, 0.25) is 0 Å². The fourth-order valence-electron chi connectivity index (χ4n) is 0.680. The molecule has 0 unspecified atom stereocenters. The van der Waals surface area contributed by atoms with Crippen LogP contribution >= 0.6 is 22.6 Å². The molecule has 13 heavy (non-hydrogen) atoms. The Hall–Kier alpha value is -0.730. The molecule has 0 atom stereocenters. The monoisotopic (exact) mass is 301 g/mol. The Balaban J connectivity index is 2.77. The second kappa shape index (κ2) is 4.49. The summed E-state index contributed by atoms with van der Waals surface area (Å²) in [6.07, 6.45) is -1.30.